The van der Waals surface area contributed by atoms with Crippen molar-refractivity contribution in [2.24, 2.45) is 0 Å². The highest BCUT2D eigenvalue weighted by Crippen LogP contribution is 2.15. The predicted octanol–water partition coefficient (Wildman–Crippen LogP) is 0.208. The van der Waals surface area contributed by atoms with Gasteiger partial charge in [0.25, 0.3) is 0 Å². The molecular weight excluding hydrogens is 237 g/mol. The minimum atomic E-state index is -0.464. The number of piperazine rings is 1. The molecule has 1 aromatic carbocycles. The summed E-state index contributed by atoms with van der Waals surface area (Å²) < 4.78 is 13.6. The third-order valence-corrected chi connectivity index (χ3v) is 2.92. The highest BCUT2D eigenvalue weighted by atomic mass is 19.1. The maximum atomic E-state index is 13.6. The molecule has 0 spiro atoms. The van der Waals surface area contributed by atoms with Crippen molar-refractivity contribution in [3.63, 3.8) is 0 Å². The van der Waals surface area contributed by atoms with E-state index in [9.17, 15) is 14.0 Å². The second-order valence-electron chi connectivity index (χ2n) is 4.35. The average molecular weight is 251 g/mol. The van der Waals surface area contributed by atoms with Crippen molar-refractivity contribution in [3.05, 3.63) is 29.6 Å². The van der Waals surface area contributed by atoms with E-state index in [1.807, 2.05) is 0 Å². The first kappa shape index (κ1) is 12.3. The zero-order chi connectivity index (χ0) is 13.3. The summed E-state index contributed by atoms with van der Waals surface area (Å²) in [6, 6.07) is 4.30. The van der Waals surface area contributed by atoms with Gasteiger partial charge in [0.2, 0.25) is 11.8 Å². The lowest BCUT2D eigenvalue weighted by molar-refractivity contribution is -0.149. The average Bonchev–Trinajstić information content (AvgIpc) is 2.29. The van der Waals surface area contributed by atoms with Crippen molar-refractivity contribution in [3.8, 4) is 0 Å². The van der Waals surface area contributed by atoms with Gasteiger partial charge in [-0.15, -0.1) is 0 Å². The summed E-state index contributed by atoms with van der Waals surface area (Å²) in [6.07, 6.45) is 0. The molecule has 0 aromatic heterocycles. The molecule has 18 heavy (non-hydrogen) atoms. The molecule has 1 aromatic rings. The van der Waals surface area contributed by atoms with E-state index >= 15 is 0 Å². The minimum Gasteiger partial charge on any atom is -0.399 e. The molecule has 96 valence electrons. The van der Waals surface area contributed by atoms with Gasteiger partial charge in [0.15, 0.2) is 0 Å². The summed E-state index contributed by atoms with van der Waals surface area (Å²) in [4.78, 5) is 25.9. The summed E-state index contributed by atoms with van der Waals surface area (Å²) in [5, 5.41) is 0. The summed E-state index contributed by atoms with van der Waals surface area (Å²) in [5.74, 6) is -0.798. The van der Waals surface area contributed by atoms with Crippen LogP contribution in [0.5, 0.6) is 0 Å². The van der Waals surface area contributed by atoms with Crippen LogP contribution in [0.2, 0.25) is 0 Å². The third-order valence-electron chi connectivity index (χ3n) is 2.92. The molecule has 1 aliphatic rings. The van der Waals surface area contributed by atoms with Gasteiger partial charge >= 0.3 is 0 Å². The van der Waals surface area contributed by atoms with Gasteiger partial charge in [-0.1, -0.05) is 6.07 Å². The van der Waals surface area contributed by atoms with Crippen molar-refractivity contribution < 1.29 is 14.0 Å². The Bertz CT molecular complexity index is 504. The van der Waals surface area contributed by atoms with Gasteiger partial charge in [0.1, 0.15) is 12.4 Å². The van der Waals surface area contributed by atoms with Crippen LogP contribution in [0.3, 0.4) is 0 Å². The molecule has 0 atom stereocenters. The molecule has 2 rings (SSSR count). The molecule has 6 heteroatoms. The van der Waals surface area contributed by atoms with Crippen LogP contribution in [0.25, 0.3) is 0 Å². The highest BCUT2D eigenvalue weighted by molar-refractivity contribution is 5.92. The molecule has 1 aliphatic heterocycles. The van der Waals surface area contributed by atoms with Gasteiger partial charge in [0, 0.05) is 24.8 Å². The minimum absolute atomic E-state index is 0.0147. The predicted molar refractivity (Wildman–Crippen MR) is 63.9 cm³/mol. The number of anilines is 1. The van der Waals surface area contributed by atoms with E-state index in [-0.39, 0.29) is 31.4 Å². The normalized spacial score (nSPS) is 16.3. The molecule has 0 aliphatic carbocycles. The summed E-state index contributed by atoms with van der Waals surface area (Å²) in [5.41, 5.74) is 6.13. The molecule has 0 unspecified atom stereocenters. The zero-order valence-electron chi connectivity index (χ0n) is 10.0. The number of nitrogen functional groups attached to an aromatic ring is 1. The SMILES string of the molecule is CN1CC(=O)N(Cc2ccc(N)cc2F)CC1=O. The van der Waals surface area contributed by atoms with Crippen LogP contribution in [-0.2, 0) is 16.1 Å². The molecule has 1 heterocycles. The first-order chi connectivity index (χ1) is 8.47. The third kappa shape index (κ3) is 2.42. The van der Waals surface area contributed by atoms with Crippen molar-refractivity contribution in [1.29, 1.82) is 0 Å². The second kappa shape index (κ2) is 4.64. The van der Waals surface area contributed by atoms with Gasteiger partial charge in [-0.25, -0.2) is 4.39 Å². The van der Waals surface area contributed by atoms with Gasteiger partial charge in [0.05, 0.1) is 6.54 Å². The van der Waals surface area contributed by atoms with Crippen LogP contribution < -0.4 is 5.73 Å². The standard InChI is InChI=1S/C12H14FN3O2/c1-15-6-12(18)16(7-11(15)17)5-8-2-3-9(14)4-10(8)13/h2-4H,5-7,14H2,1H3. The van der Waals surface area contributed by atoms with Gasteiger partial charge < -0.3 is 15.5 Å². The molecule has 1 saturated heterocycles. The van der Waals surface area contributed by atoms with Crippen molar-refractivity contribution in [2.75, 3.05) is 25.9 Å². The second-order valence-corrected chi connectivity index (χ2v) is 4.35. The number of carbonyl (C=O) groups excluding carboxylic acids is 2. The molecule has 1 fully saturated rings. The number of rotatable bonds is 2. The first-order valence-electron chi connectivity index (χ1n) is 5.53. The fraction of sp³-hybridized carbons (Fsp3) is 0.333. The van der Waals surface area contributed by atoms with E-state index < -0.39 is 5.82 Å². The van der Waals surface area contributed by atoms with Crippen LogP contribution in [0.4, 0.5) is 10.1 Å². The quantitative estimate of drug-likeness (QED) is 0.764. The lowest BCUT2D eigenvalue weighted by Gasteiger charge is -2.31. The number of carbonyl (C=O) groups is 2. The number of nitrogens with zero attached hydrogens (tertiary/aromatic N) is 2. The van der Waals surface area contributed by atoms with Gasteiger partial charge in [-0.3, -0.25) is 9.59 Å². The Hall–Kier alpha value is -2.11. The Balaban J connectivity index is 2.13. The monoisotopic (exact) mass is 251 g/mol. The Labute approximate surface area is 104 Å². The molecule has 2 amide bonds. The number of amides is 2. The number of hydrogen-bond acceptors (Lipinski definition) is 3. The number of benzene rings is 1. The van der Waals surface area contributed by atoms with Gasteiger partial charge in [-0.2, -0.15) is 0 Å². The summed E-state index contributed by atoms with van der Waals surface area (Å²) in [6.45, 7) is 0.110. The Morgan fingerprint density at radius 3 is 2.67 bits per heavy atom. The lowest BCUT2D eigenvalue weighted by Crippen LogP contribution is -2.51. The van der Waals surface area contributed by atoms with E-state index in [1.165, 1.54) is 21.9 Å². The topological polar surface area (TPSA) is 66.6 Å². The summed E-state index contributed by atoms with van der Waals surface area (Å²) >= 11 is 0. The molecule has 0 bridgehead atoms. The van der Waals surface area contributed by atoms with E-state index in [0.717, 1.165) is 0 Å². The fourth-order valence-corrected chi connectivity index (χ4v) is 1.80. The Kier molecular flexibility index (Phi) is 3.18. The first-order valence-corrected chi connectivity index (χ1v) is 5.53. The number of hydrogen-bond donors (Lipinski definition) is 1. The number of halogens is 1. The number of nitrogens with two attached hydrogens (primary N) is 1. The van der Waals surface area contributed by atoms with E-state index in [4.69, 9.17) is 5.73 Å². The largest absolute Gasteiger partial charge is 0.399 e. The Morgan fingerprint density at radius 1 is 1.28 bits per heavy atom. The molecule has 0 saturated carbocycles. The van der Waals surface area contributed by atoms with Crippen LogP contribution in [0.1, 0.15) is 5.56 Å². The zero-order valence-corrected chi connectivity index (χ0v) is 10.0. The summed E-state index contributed by atoms with van der Waals surface area (Å²) in [7, 11) is 1.57. The van der Waals surface area contributed by atoms with Crippen LogP contribution in [-0.4, -0.2) is 41.8 Å². The van der Waals surface area contributed by atoms with E-state index in [1.54, 1.807) is 13.1 Å². The molecular formula is C12H14FN3O2. The Morgan fingerprint density at radius 2 is 2.00 bits per heavy atom. The van der Waals surface area contributed by atoms with Crippen LogP contribution >= 0.6 is 0 Å². The number of likely N-dealkylation sites (N-methyl/N-ethyl adjacent to an activating group) is 1. The van der Waals surface area contributed by atoms with E-state index in [2.05, 4.69) is 0 Å². The van der Waals surface area contributed by atoms with Crippen molar-refractivity contribution >= 4 is 17.5 Å². The maximum absolute atomic E-state index is 13.6. The molecule has 5 nitrogen and oxygen atoms in total. The lowest BCUT2D eigenvalue weighted by atomic mass is 10.1. The smallest absolute Gasteiger partial charge is 0.242 e. The van der Waals surface area contributed by atoms with Crippen molar-refractivity contribution in [1.82, 2.24) is 9.80 Å². The highest BCUT2D eigenvalue weighted by Gasteiger charge is 2.27. The van der Waals surface area contributed by atoms with Crippen molar-refractivity contribution in [2.45, 2.75) is 6.54 Å². The molecule has 2 N–H and O–H groups in total. The fourth-order valence-electron chi connectivity index (χ4n) is 1.80. The maximum Gasteiger partial charge on any atom is 0.242 e. The molecule has 0 radical (unpaired) electrons. The van der Waals surface area contributed by atoms with E-state index in [0.29, 0.717) is 11.3 Å². The van der Waals surface area contributed by atoms with Crippen LogP contribution in [0.15, 0.2) is 18.2 Å². The van der Waals surface area contributed by atoms with Gasteiger partial charge in [-0.05, 0) is 12.1 Å². The van der Waals surface area contributed by atoms with Crippen LogP contribution in [0, 0.1) is 5.82 Å².